The van der Waals surface area contributed by atoms with Crippen molar-refractivity contribution in [3.63, 3.8) is 0 Å². The third kappa shape index (κ3) is 7.28. The fourth-order valence-corrected chi connectivity index (χ4v) is 5.58. The van der Waals surface area contributed by atoms with Crippen molar-refractivity contribution in [1.82, 2.24) is 19.6 Å². The van der Waals surface area contributed by atoms with Crippen molar-refractivity contribution in [1.29, 1.82) is 0 Å². The molecule has 0 amide bonds. The normalized spacial score (nSPS) is 30.1. The molecule has 4 bridgehead atoms. The number of fused-ring (bicyclic) bond motifs is 7. The molecular weight excluding hydrogens is 446 g/mol. The number of carbonyl (C=O) groups excluding carboxylic acids is 3. The van der Waals surface area contributed by atoms with Gasteiger partial charge in [0.2, 0.25) is 0 Å². The van der Waals surface area contributed by atoms with Gasteiger partial charge in [0, 0.05) is 0 Å². The number of carboxylic acid groups (broad SMARTS) is 1. The Balaban J connectivity index is 1.89. The molecule has 1 N–H and O–H groups in total. The number of rotatable bonds is 2. The van der Waals surface area contributed by atoms with Gasteiger partial charge in [-0.25, -0.2) is 0 Å². The van der Waals surface area contributed by atoms with E-state index >= 15 is 0 Å². The Morgan fingerprint density at radius 2 is 1.07 bits per heavy atom. The van der Waals surface area contributed by atoms with Gasteiger partial charge in [0.25, 0.3) is 0 Å². The third-order valence-corrected chi connectivity index (χ3v) is 7.90. The van der Waals surface area contributed by atoms with Crippen LogP contribution in [0.15, 0.2) is 0 Å². The molecule has 3 heterocycles. The monoisotopic (exact) mass is 470 g/mol. The van der Waals surface area contributed by atoms with Gasteiger partial charge in [0.05, 0.1) is 0 Å². The summed E-state index contributed by atoms with van der Waals surface area (Å²) in [5, 5.41) is 9.19. The molecule has 3 rings (SSSR count). The first-order valence-electron chi connectivity index (χ1n) is 9.57. The standard InChI is InChI=1S/C16H28N4O8.Ga/c21-13(22)9-17-1-2-18(10-14(23)24)5-6-20(12-16(27)28)8-7-19(4-3-17)11-15(25)26;/h1-12H2,(H,21,22)(H,23,24)(H,25,26)(H,27,28);/q;+3/p-3. The topological polar surface area (TPSA) is 129 Å². The second-order valence-electron chi connectivity index (χ2n) is 7.26. The Morgan fingerprint density at radius 1 is 0.724 bits per heavy atom. The van der Waals surface area contributed by atoms with Crippen LogP contribution in [0.4, 0.5) is 0 Å². The summed E-state index contributed by atoms with van der Waals surface area (Å²) in [6.07, 6.45) is 0. The van der Waals surface area contributed by atoms with Crippen molar-refractivity contribution in [3.8, 4) is 0 Å². The summed E-state index contributed by atoms with van der Waals surface area (Å²) in [6.45, 7) is 3.77. The van der Waals surface area contributed by atoms with Gasteiger partial charge >= 0.3 is 174 Å². The molecule has 2 unspecified atom stereocenters. The zero-order valence-electron chi connectivity index (χ0n) is 16.2. The summed E-state index contributed by atoms with van der Waals surface area (Å²) in [7, 11) is 0. The average Bonchev–Trinajstić information content (AvgIpc) is 2.65. The van der Waals surface area contributed by atoms with Gasteiger partial charge in [0.15, 0.2) is 0 Å². The molecule has 160 valence electrons. The molecule has 0 saturated carbocycles. The van der Waals surface area contributed by atoms with Crippen LogP contribution >= 0.6 is 0 Å². The van der Waals surface area contributed by atoms with Crippen molar-refractivity contribution in [2.75, 3.05) is 78.5 Å². The van der Waals surface area contributed by atoms with Gasteiger partial charge in [0.1, 0.15) is 0 Å². The number of aliphatic carboxylic acids is 1. The molecule has 0 aromatic heterocycles. The number of carbonyl (C=O) groups is 4. The van der Waals surface area contributed by atoms with E-state index in [0.717, 1.165) is 0 Å². The summed E-state index contributed by atoms with van der Waals surface area (Å²) in [4.78, 5) is 55.6. The quantitative estimate of drug-likeness (QED) is 0.411. The molecule has 0 radical (unpaired) electrons. The van der Waals surface area contributed by atoms with E-state index in [1.807, 2.05) is 14.7 Å². The van der Waals surface area contributed by atoms with Crippen LogP contribution in [0.3, 0.4) is 0 Å². The van der Waals surface area contributed by atoms with Crippen LogP contribution in [-0.4, -0.2) is 144 Å². The van der Waals surface area contributed by atoms with Crippen LogP contribution in [0.5, 0.6) is 0 Å². The molecule has 29 heavy (non-hydrogen) atoms. The van der Waals surface area contributed by atoms with Gasteiger partial charge in [-0.3, -0.25) is 0 Å². The summed E-state index contributed by atoms with van der Waals surface area (Å²) < 4.78 is 15.7. The Hall–Kier alpha value is -1.64. The summed E-state index contributed by atoms with van der Waals surface area (Å²) in [5.74, 6) is -2.71. The van der Waals surface area contributed by atoms with Gasteiger partial charge < -0.3 is 0 Å². The van der Waals surface area contributed by atoms with Gasteiger partial charge in [-0.2, -0.15) is 0 Å². The molecule has 3 aliphatic rings. The molecule has 2 atom stereocenters. The van der Waals surface area contributed by atoms with Crippen LogP contribution in [0.2, 0.25) is 0 Å². The van der Waals surface area contributed by atoms with Gasteiger partial charge in [-0.05, 0) is 0 Å². The zero-order chi connectivity index (χ0) is 20.8. The van der Waals surface area contributed by atoms with E-state index in [9.17, 15) is 24.3 Å². The molecule has 3 aliphatic heterocycles. The summed E-state index contributed by atoms with van der Waals surface area (Å²) in [5.41, 5.74) is 0. The third-order valence-electron chi connectivity index (χ3n) is 5.03. The fourth-order valence-electron chi connectivity index (χ4n) is 3.46. The molecule has 13 heteroatoms. The van der Waals surface area contributed by atoms with E-state index < -0.39 is 41.2 Å². The second kappa shape index (κ2) is 10.4. The van der Waals surface area contributed by atoms with Crippen LogP contribution < -0.4 is 0 Å². The Labute approximate surface area is 174 Å². The maximum absolute atomic E-state index is 12.3. The van der Waals surface area contributed by atoms with Crippen molar-refractivity contribution in [2.24, 2.45) is 0 Å². The zero-order valence-corrected chi connectivity index (χ0v) is 18.6. The molecule has 0 spiro atoms. The van der Waals surface area contributed by atoms with E-state index in [0.29, 0.717) is 52.4 Å². The van der Waals surface area contributed by atoms with E-state index in [-0.39, 0.29) is 26.2 Å². The van der Waals surface area contributed by atoms with E-state index in [1.54, 1.807) is 4.90 Å². The minimum absolute atomic E-state index is 0.0314. The first kappa shape index (κ1) is 22.1. The fraction of sp³-hybridized carbons (Fsp3) is 0.750. The second-order valence-corrected chi connectivity index (χ2v) is 9.95. The Kier molecular flexibility index (Phi) is 7.91. The SMILES string of the molecule is O=C(O)CN1CCN2CCN3CCN(CC1)CC(=O)[O][Ga]([O]C(=O)C2)[O]C(=O)C3. The maximum atomic E-state index is 12.3. The van der Waals surface area contributed by atoms with E-state index in [1.165, 1.54) is 0 Å². The van der Waals surface area contributed by atoms with Crippen LogP contribution in [0.1, 0.15) is 0 Å². The minimum atomic E-state index is -3.84. The molecule has 0 aromatic carbocycles. The van der Waals surface area contributed by atoms with E-state index in [2.05, 4.69) is 0 Å². The van der Waals surface area contributed by atoms with Crippen LogP contribution in [-0.2, 0) is 29.8 Å². The molecular formula is C16H25GaN4O8. The first-order chi connectivity index (χ1) is 13.9. The van der Waals surface area contributed by atoms with Gasteiger partial charge in [-0.15, -0.1) is 0 Å². The average molecular weight is 471 g/mol. The molecule has 3 fully saturated rings. The Morgan fingerprint density at radius 3 is 1.41 bits per heavy atom. The van der Waals surface area contributed by atoms with Crippen molar-refractivity contribution < 1.29 is 34.9 Å². The van der Waals surface area contributed by atoms with Crippen LogP contribution in [0.25, 0.3) is 0 Å². The van der Waals surface area contributed by atoms with Crippen molar-refractivity contribution >= 4 is 41.2 Å². The first-order valence-corrected chi connectivity index (χ1v) is 12.5. The molecule has 12 nitrogen and oxygen atoms in total. The number of hydrogen-bond donors (Lipinski definition) is 1. The predicted molar refractivity (Wildman–Crippen MR) is 97.4 cm³/mol. The number of hydrogen-bond acceptors (Lipinski definition) is 11. The Bertz CT molecular complexity index is 614. The molecule has 0 aliphatic carbocycles. The molecule has 3 saturated heterocycles. The van der Waals surface area contributed by atoms with Crippen LogP contribution in [0, 0.1) is 0 Å². The summed E-state index contributed by atoms with van der Waals surface area (Å²) in [6, 6.07) is 0. The molecule has 0 aromatic rings. The number of nitrogens with zero attached hydrogens (tertiary/aromatic N) is 4. The predicted octanol–water partition coefficient (Wildman–Crippen LogP) is -3.07. The van der Waals surface area contributed by atoms with Crippen molar-refractivity contribution in [2.45, 2.75) is 0 Å². The number of carboxylic acids is 1. The van der Waals surface area contributed by atoms with E-state index in [4.69, 9.17) is 10.6 Å². The van der Waals surface area contributed by atoms with Crippen molar-refractivity contribution in [3.05, 3.63) is 0 Å². The summed E-state index contributed by atoms with van der Waals surface area (Å²) >= 11 is -3.84. The van der Waals surface area contributed by atoms with Gasteiger partial charge in [-0.1, -0.05) is 0 Å².